The molecule has 1 fully saturated rings. The number of aromatic nitrogens is 1. The van der Waals surface area contributed by atoms with Crippen LogP contribution in [0.5, 0.6) is 0 Å². The maximum Gasteiger partial charge on any atom is 0.220 e. The number of ether oxygens (including phenoxy) is 1. The average Bonchev–Trinajstić information content (AvgIpc) is 3.52. The Hall–Kier alpha value is -3.44. The van der Waals surface area contributed by atoms with Gasteiger partial charge in [0.2, 0.25) is 5.91 Å². The van der Waals surface area contributed by atoms with Crippen molar-refractivity contribution in [2.24, 2.45) is 0 Å². The molecule has 192 valence electrons. The highest BCUT2D eigenvalue weighted by Crippen LogP contribution is 2.34. The van der Waals surface area contributed by atoms with E-state index in [2.05, 4.69) is 65.5 Å². The number of fused-ring (bicyclic) bond motifs is 1. The van der Waals surface area contributed by atoms with Crippen LogP contribution in [-0.4, -0.2) is 29.2 Å². The van der Waals surface area contributed by atoms with Crippen LogP contribution in [0.3, 0.4) is 0 Å². The Bertz CT molecular complexity index is 1320. The topological polar surface area (TPSA) is 43.3 Å². The summed E-state index contributed by atoms with van der Waals surface area (Å²) in [4.78, 5) is 13.2. The number of hydrogen-bond acceptors (Lipinski definition) is 2. The lowest BCUT2D eigenvalue weighted by atomic mass is 9.89. The Kier molecular flexibility index (Phi) is 7.71. The molecule has 1 aromatic heterocycles. The lowest BCUT2D eigenvalue weighted by Gasteiger charge is -2.24. The van der Waals surface area contributed by atoms with Crippen LogP contribution in [0.15, 0.2) is 85.1 Å². The van der Waals surface area contributed by atoms with Gasteiger partial charge in [0.15, 0.2) is 0 Å². The number of aryl methyl sites for hydroxylation is 1. The summed E-state index contributed by atoms with van der Waals surface area (Å²) in [6, 6.07) is 25.5. The first-order valence-corrected chi connectivity index (χ1v) is 13.3. The third-order valence-electron chi connectivity index (χ3n) is 7.54. The van der Waals surface area contributed by atoms with Crippen molar-refractivity contribution in [3.05, 3.63) is 108 Å². The third-order valence-corrected chi connectivity index (χ3v) is 7.54. The van der Waals surface area contributed by atoms with Gasteiger partial charge >= 0.3 is 0 Å². The first kappa shape index (κ1) is 25.2. The highest BCUT2D eigenvalue weighted by Gasteiger charge is 2.30. The van der Waals surface area contributed by atoms with E-state index in [1.165, 1.54) is 28.6 Å². The minimum absolute atomic E-state index is 0.0603. The predicted octanol–water partition coefficient (Wildman–Crippen LogP) is 6.62. The predicted molar refractivity (Wildman–Crippen MR) is 146 cm³/mol. The molecule has 1 amide bonds. The first-order valence-electron chi connectivity index (χ1n) is 13.3. The van der Waals surface area contributed by atoms with Crippen molar-refractivity contribution in [1.29, 1.82) is 0 Å². The van der Waals surface area contributed by atoms with Crippen molar-refractivity contribution in [2.45, 2.75) is 57.1 Å². The third kappa shape index (κ3) is 6.28. The van der Waals surface area contributed by atoms with Gasteiger partial charge in [0.05, 0.1) is 5.60 Å². The fourth-order valence-corrected chi connectivity index (χ4v) is 5.43. The number of rotatable bonds is 10. The second kappa shape index (κ2) is 11.3. The molecule has 2 heterocycles. The zero-order valence-corrected chi connectivity index (χ0v) is 21.5. The van der Waals surface area contributed by atoms with Crippen molar-refractivity contribution >= 4 is 16.8 Å². The Morgan fingerprint density at radius 2 is 1.78 bits per heavy atom. The fraction of sp³-hybridized carbons (Fsp3) is 0.344. The van der Waals surface area contributed by atoms with Gasteiger partial charge in [0, 0.05) is 43.2 Å². The van der Waals surface area contributed by atoms with Crippen LogP contribution in [0.4, 0.5) is 4.39 Å². The van der Waals surface area contributed by atoms with Crippen LogP contribution in [0.25, 0.3) is 10.9 Å². The Labute approximate surface area is 218 Å². The molecule has 0 radical (unpaired) electrons. The average molecular weight is 499 g/mol. The minimum Gasteiger partial charge on any atom is -0.373 e. The van der Waals surface area contributed by atoms with Crippen LogP contribution in [0.1, 0.15) is 55.2 Å². The molecule has 2 unspecified atom stereocenters. The molecule has 1 N–H and O–H groups in total. The van der Waals surface area contributed by atoms with Crippen LogP contribution in [0, 0.1) is 5.82 Å². The van der Waals surface area contributed by atoms with Crippen LogP contribution >= 0.6 is 0 Å². The molecule has 2 atom stereocenters. The molecule has 1 saturated heterocycles. The number of para-hydroxylation sites is 1. The van der Waals surface area contributed by atoms with Gasteiger partial charge in [0.25, 0.3) is 0 Å². The number of nitrogens with one attached hydrogen (secondary N) is 1. The van der Waals surface area contributed by atoms with E-state index in [0.29, 0.717) is 19.5 Å². The normalized spacial score (nSPS) is 18.2. The monoisotopic (exact) mass is 498 g/mol. The van der Waals surface area contributed by atoms with E-state index < -0.39 is 0 Å². The highest BCUT2D eigenvalue weighted by molar-refractivity contribution is 5.86. The first-order chi connectivity index (χ1) is 18.0. The van der Waals surface area contributed by atoms with Gasteiger partial charge in [-0.05, 0) is 73.4 Å². The molecule has 0 saturated carbocycles. The van der Waals surface area contributed by atoms with Crippen LogP contribution < -0.4 is 5.32 Å². The standard InChI is InChI=1S/C32H35FN2O2/c1-32(18-7-19-37-32)23-34-31(36)20-26(15-12-24-8-3-2-4-9-24)29-22-35(30-11-6-5-10-28(29)30)21-25-13-16-27(33)17-14-25/h2-6,8-11,13-14,16-17,22,26H,7,12,15,18-21,23H2,1H3,(H,34,36). The van der Waals surface area contributed by atoms with E-state index >= 15 is 0 Å². The van der Waals surface area contributed by atoms with Crippen LogP contribution in [0.2, 0.25) is 0 Å². The summed E-state index contributed by atoms with van der Waals surface area (Å²) < 4.78 is 21.6. The molecule has 4 nitrogen and oxygen atoms in total. The summed E-state index contributed by atoms with van der Waals surface area (Å²) in [6.45, 7) is 4.04. The smallest absolute Gasteiger partial charge is 0.220 e. The molecule has 1 aliphatic rings. The van der Waals surface area contributed by atoms with Crippen molar-refractivity contribution < 1.29 is 13.9 Å². The van der Waals surface area contributed by atoms with Gasteiger partial charge in [-0.2, -0.15) is 0 Å². The maximum atomic E-state index is 13.5. The van der Waals surface area contributed by atoms with Gasteiger partial charge in [-0.1, -0.05) is 60.7 Å². The number of nitrogens with zero attached hydrogens (tertiary/aromatic N) is 1. The van der Waals surface area contributed by atoms with E-state index in [-0.39, 0.29) is 23.2 Å². The second-order valence-electron chi connectivity index (χ2n) is 10.5. The molecule has 0 bridgehead atoms. The number of carbonyl (C=O) groups is 1. The Balaban J connectivity index is 1.40. The number of carbonyl (C=O) groups excluding carboxylic acids is 1. The van der Waals surface area contributed by atoms with Gasteiger partial charge < -0.3 is 14.6 Å². The number of benzene rings is 3. The van der Waals surface area contributed by atoms with E-state index in [0.717, 1.165) is 43.4 Å². The molecule has 4 aromatic rings. The molecular weight excluding hydrogens is 463 g/mol. The summed E-state index contributed by atoms with van der Waals surface area (Å²) in [6.07, 6.45) is 6.40. The zero-order chi connectivity index (χ0) is 25.7. The van der Waals surface area contributed by atoms with E-state index in [9.17, 15) is 9.18 Å². The van der Waals surface area contributed by atoms with Crippen molar-refractivity contribution in [3.63, 3.8) is 0 Å². The molecule has 1 aliphatic heterocycles. The second-order valence-corrected chi connectivity index (χ2v) is 10.5. The molecular formula is C32H35FN2O2. The number of halogens is 1. The van der Waals surface area contributed by atoms with E-state index in [4.69, 9.17) is 4.74 Å². The molecule has 37 heavy (non-hydrogen) atoms. The summed E-state index contributed by atoms with van der Waals surface area (Å²) in [5.74, 6) is -0.104. The van der Waals surface area contributed by atoms with E-state index in [1.807, 2.05) is 24.3 Å². The molecule has 5 rings (SSSR count). The van der Waals surface area contributed by atoms with Crippen molar-refractivity contribution in [1.82, 2.24) is 9.88 Å². The summed E-state index contributed by atoms with van der Waals surface area (Å²) in [5, 5.41) is 4.33. The Morgan fingerprint density at radius 1 is 1.03 bits per heavy atom. The van der Waals surface area contributed by atoms with Gasteiger partial charge in [-0.25, -0.2) is 4.39 Å². The maximum absolute atomic E-state index is 13.5. The quantitative estimate of drug-likeness (QED) is 0.267. The lowest BCUT2D eigenvalue weighted by molar-refractivity contribution is -0.122. The Morgan fingerprint density at radius 3 is 2.54 bits per heavy atom. The molecule has 5 heteroatoms. The van der Waals surface area contributed by atoms with Crippen LogP contribution in [-0.2, 0) is 22.5 Å². The summed E-state index contributed by atoms with van der Waals surface area (Å²) in [5.41, 5.74) is 4.36. The summed E-state index contributed by atoms with van der Waals surface area (Å²) >= 11 is 0. The van der Waals surface area contributed by atoms with Gasteiger partial charge in [-0.15, -0.1) is 0 Å². The lowest BCUT2D eigenvalue weighted by Crippen LogP contribution is -2.40. The van der Waals surface area contributed by atoms with Gasteiger partial charge in [0.1, 0.15) is 5.82 Å². The molecule has 0 spiro atoms. The SMILES string of the molecule is CC1(CNC(=O)CC(CCc2ccccc2)c2cn(Cc3ccc(F)cc3)c3ccccc23)CCCO1. The minimum atomic E-state index is -0.264. The number of amides is 1. The molecule has 3 aromatic carbocycles. The summed E-state index contributed by atoms with van der Waals surface area (Å²) in [7, 11) is 0. The fourth-order valence-electron chi connectivity index (χ4n) is 5.43. The zero-order valence-electron chi connectivity index (χ0n) is 21.5. The van der Waals surface area contributed by atoms with Crippen molar-refractivity contribution in [3.8, 4) is 0 Å². The molecule has 0 aliphatic carbocycles. The number of hydrogen-bond donors (Lipinski definition) is 1. The van der Waals surface area contributed by atoms with E-state index in [1.54, 1.807) is 0 Å². The largest absolute Gasteiger partial charge is 0.373 e. The highest BCUT2D eigenvalue weighted by atomic mass is 19.1. The van der Waals surface area contributed by atoms with Crippen molar-refractivity contribution in [2.75, 3.05) is 13.2 Å². The van der Waals surface area contributed by atoms with Gasteiger partial charge in [-0.3, -0.25) is 4.79 Å².